The number of thiazole rings is 1. The first-order chi connectivity index (χ1) is 7.27. The zero-order chi connectivity index (χ0) is 10.4. The molecule has 0 fully saturated rings. The average Bonchev–Trinajstić information content (AvgIpc) is 2.86. The largest absolute Gasteiger partial charge is 0.463 e. The Kier molecular flexibility index (Phi) is 1.63. The van der Waals surface area contributed by atoms with Gasteiger partial charge in [0.05, 0.1) is 12.0 Å². The molecule has 0 aliphatic rings. The second kappa shape index (κ2) is 2.87. The van der Waals surface area contributed by atoms with Gasteiger partial charge in [-0.25, -0.2) is 4.98 Å². The van der Waals surface area contributed by atoms with E-state index >= 15 is 0 Å². The molecule has 76 valence electrons. The lowest BCUT2D eigenvalue weighted by molar-refractivity contribution is 0.579. The number of rotatable bonds is 1. The second-order valence-electron chi connectivity index (χ2n) is 3.30. The molecule has 0 aliphatic carbocycles. The van der Waals surface area contributed by atoms with Gasteiger partial charge in [0.1, 0.15) is 11.5 Å². The number of nitrogens with zero attached hydrogens (tertiary/aromatic N) is 2. The van der Waals surface area contributed by atoms with Gasteiger partial charge in [0.15, 0.2) is 10.7 Å². The number of fused-ring (bicyclic) bond motifs is 1. The predicted octanol–water partition coefficient (Wildman–Crippen LogP) is 2.55. The van der Waals surface area contributed by atoms with Crippen molar-refractivity contribution in [2.45, 2.75) is 6.92 Å². The van der Waals surface area contributed by atoms with E-state index in [9.17, 15) is 0 Å². The highest BCUT2D eigenvalue weighted by Crippen LogP contribution is 2.29. The highest BCUT2D eigenvalue weighted by Gasteiger charge is 2.13. The Balaban J connectivity index is 2.36. The molecule has 2 N–H and O–H groups in total. The molecule has 3 heterocycles. The minimum absolute atomic E-state index is 0.678. The zero-order valence-corrected chi connectivity index (χ0v) is 8.91. The number of hydrogen-bond donors (Lipinski definition) is 1. The molecule has 0 bridgehead atoms. The predicted molar refractivity (Wildman–Crippen MR) is 59.9 cm³/mol. The lowest BCUT2D eigenvalue weighted by Crippen LogP contribution is -1.94. The Morgan fingerprint density at radius 1 is 1.53 bits per heavy atom. The summed E-state index contributed by atoms with van der Waals surface area (Å²) in [5, 5.41) is 2.00. The van der Waals surface area contributed by atoms with Gasteiger partial charge in [-0.15, -0.1) is 11.3 Å². The van der Waals surface area contributed by atoms with Crippen molar-refractivity contribution in [3.63, 3.8) is 0 Å². The maximum Gasteiger partial charge on any atom is 0.196 e. The third kappa shape index (κ3) is 1.10. The average molecular weight is 219 g/mol. The van der Waals surface area contributed by atoms with Crippen molar-refractivity contribution in [1.29, 1.82) is 0 Å². The molecule has 0 aliphatic heterocycles. The molecule has 0 amide bonds. The molecule has 0 radical (unpaired) electrons. The van der Waals surface area contributed by atoms with E-state index in [0.29, 0.717) is 5.82 Å². The summed E-state index contributed by atoms with van der Waals surface area (Å²) in [6.45, 7) is 1.90. The van der Waals surface area contributed by atoms with Crippen LogP contribution in [0.4, 0.5) is 5.82 Å². The van der Waals surface area contributed by atoms with Gasteiger partial charge in [-0.3, -0.25) is 4.40 Å². The van der Waals surface area contributed by atoms with Crippen molar-refractivity contribution in [2.24, 2.45) is 0 Å². The zero-order valence-electron chi connectivity index (χ0n) is 8.10. The Bertz CT molecular complexity index is 606. The van der Waals surface area contributed by atoms with Crippen molar-refractivity contribution in [2.75, 3.05) is 5.73 Å². The summed E-state index contributed by atoms with van der Waals surface area (Å²) in [7, 11) is 0. The van der Waals surface area contributed by atoms with Crippen molar-refractivity contribution in [1.82, 2.24) is 9.38 Å². The van der Waals surface area contributed by atoms with Crippen LogP contribution in [0.15, 0.2) is 28.2 Å². The summed E-state index contributed by atoms with van der Waals surface area (Å²) < 4.78 is 7.27. The van der Waals surface area contributed by atoms with E-state index in [1.807, 2.05) is 28.8 Å². The van der Waals surface area contributed by atoms with Crippen molar-refractivity contribution >= 4 is 22.1 Å². The van der Waals surface area contributed by atoms with E-state index in [4.69, 9.17) is 10.2 Å². The number of imidazole rings is 1. The molecule has 3 aromatic heterocycles. The fourth-order valence-corrected chi connectivity index (χ4v) is 2.51. The third-order valence-corrected chi connectivity index (χ3v) is 3.18. The molecule has 3 rings (SSSR count). The van der Waals surface area contributed by atoms with Crippen LogP contribution in [0, 0.1) is 6.92 Å². The Morgan fingerprint density at radius 3 is 3.13 bits per heavy atom. The maximum absolute atomic E-state index is 5.96. The molecule has 3 aromatic rings. The summed E-state index contributed by atoms with van der Waals surface area (Å²) in [5.74, 6) is 1.49. The highest BCUT2D eigenvalue weighted by atomic mass is 32.1. The maximum atomic E-state index is 5.96. The van der Waals surface area contributed by atoms with Crippen LogP contribution in [-0.2, 0) is 0 Å². The third-order valence-electron chi connectivity index (χ3n) is 2.36. The van der Waals surface area contributed by atoms with Gasteiger partial charge in [0.25, 0.3) is 0 Å². The summed E-state index contributed by atoms with van der Waals surface area (Å²) >= 11 is 1.56. The molecule has 5 heteroatoms. The summed E-state index contributed by atoms with van der Waals surface area (Å²) in [5.41, 5.74) is 7.77. The smallest absolute Gasteiger partial charge is 0.196 e. The van der Waals surface area contributed by atoms with Gasteiger partial charge in [-0.2, -0.15) is 0 Å². The van der Waals surface area contributed by atoms with E-state index in [1.54, 1.807) is 17.6 Å². The minimum Gasteiger partial charge on any atom is -0.463 e. The first-order valence-electron chi connectivity index (χ1n) is 4.53. The molecule has 0 saturated carbocycles. The number of nitrogen functional groups attached to an aromatic ring is 1. The van der Waals surface area contributed by atoms with Crippen molar-refractivity contribution in [3.8, 4) is 11.5 Å². The SMILES string of the molecule is Cc1nc2scc(-c3ccco3)n2c1N. The van der Waals surface area contributed by atoms with E-state index in [0.717, 1.165) is 22.1 Å². The molecule has 4 nitrogen and oxygen atoms in total. The molecule has 0 atom stereocenters. The van der Waals surface area contributed by atoms with Crippen LogP contribution in [0.2, 0.25) is 0 Å². The van der Waals surface area contributed by atoms with E-state index in [2.05, 4.69) is 4.98 Å². The molecule has 0 spiro atoms. The topological polar surface area (TPSA) is 56.5 Å². The Labute approximate surface area is 90.0 Å². The van der Waals surface area contributed by atoms with Crippen LogP contribution < -0.4 is 5.73 Å². The van der Waals surface area contributed by atoms with Gasteiger partial charge >= 0.3 is 0 Å². The van der Waals surface area contributed by atoms with Crippen LogP contribution >= 0.6 is 11.3 Å². The summed E-state index contributed by atoms with van der Waals surface area (Å²) in [6.07, 6.45) is 1.65. The Hall–Kier alpha value is -1.75. The van der Waals surface area contributed by atoms with Crippen LogP contribution in [0.5, 0.6) is 0 Å². The van der Waals surface area contributed by atoms with Crippen LogP contribution in [0.25, 0.3) is 16.4 Å². The quantitative estimate of drug-likeness (QED) is 0.684. The second-order valence-corrected chi connectivity index (χ2v) is 4.14. The normalized spacial score (nSPS) is 11.3. The molecular weight excluding hydrogens is 210 g/mol. The van der Waals surface area contributed by atoms with Gasteiger partial charge in [0, 0.05) is 5.38 Å². The van der Waals surface area contributed by atoms with Crippen LogP contribution in [-0.4, -0.2) is 9.38 Å². The first-order valence-corrected chi connectivity index (χ1v) is 5.41. The molecule has 0 saturated heterocycles. The summed E-state index contributed by atoms with van der Waals surface area (Å²) in [6, 6.07) is 3.77. The number of hydrogen-bond acceptors (Lipinski definition) is 4. The van der Waals surface area contributed by atoms with Gasteiger partial charge in [-0.05, 0) is 19.1 Å². The van der Waals surface area contributed by atoms with E-state index in [1.165, 1.54) is 0 Å². The van der Waals surface area contributed by atoms with Crippen molar-refractivity contribution < 1.29 is 4.42 Å². The molecule has 0 aromatic carbocycles. The van der Waals surface area contributed by atoms with Crippen LogP contribution in [0.3, 0.4) is 0 Å². The first kappa shape index (κ1) is 8.55. The number of nitrogens with two attached hydrogens (primary N) is 1. The van der Waals surface area contributed by atoms with Gasteiger partial charge in [-0.1, -0.05) is 0 Å². The van der Waals surface area contributed by atoms with Gasteiger partial charge < -0.3 is 10.2 Å². The lowest BCUT2D eigenvalue weighted by Gasteiger charge is -1.96. The van der Waals surface area contributed by atoms with Crippen molar-refractivity contribution in [3.05, 3.63) is 29.5 Å². The fourth-order valence-electron chi connectivity index (χ4n) is 1.58. The number of aromatic nitrogens is 2. The monoisotopic (exact) mass is 219 g/mol. The number of anilines is 1. The molecular formula is C10H9N3OS. The Morgan fingerprint density at radius 2 is 2.40 bits per heavy atom. The standard InChI is InChI=1S/C10H9N3OS/c1-6-9(11)13-7(5-15-10(13)12-6)8-3-2-4-14-8/h2-5H,11H2,1H3. The highest BCUT2D eigenvalue weighted by molar-refractivity contribution is 7.15. The fraction of sp³-hybridized carbons (Fsp3) is 0.100. The van der Waals surface area contributed by atoms with E-state index < -0.39 is 0 Å². The lowest BCUT2D eigenvalue weighted by atomic mass is 10.3. The summed E-state index contributed by atoms with van der Waals surface area (Å²) in [4.78, 5) is 5.26. The molecule has 0 unspecified atom stereocenters. The number of furan rings is 1. The minimum atomic E-state index is 0.678. The van der Waals surface area contributed by atoms with Gasteiger partial charge in [0.2, 0.25) is 0 Å². The number of aryl methyl sites for hydroxylation is 1. The van der Waals surface area contributed by atoms with Crippen LogP contribution in [0.1, 0.15) is 5.69 Å². The van der Waals surface area contributed by atoms with E-state index in [-0.39, 0.29) is 0 Å². The molecule has 15 heavy (non-hydrogen) atoms.